The quantitative estimate of drug-likeness (QED) is 0.374. The molecule has 3 aromatic rings. The molecule has 34 heavy (non-hydrogen) atoms. The molecule has 5 rings (SSSR count). The average molecular weight is 490 g/mol. The van der Waals surface area contributed by atoms with E-state index in [1.165, 1.54) is 0 Å². The second-order valence-electron chi connectivity index (χ2n) is 8.75. The van der Waals surface area contributed by atoms with Gasteiger partial charge >= 0.3 is 0 Å². The van der Waals surface area contributed by atoms with Gasteiger partial charge in [-0.15, -0.1) is 0 Å². The van der Waals surface area contributed by atoms with Crippen molar-refractivity contribution in [3.05, 3.63) is 81.0 Å². The molecule has 1 saturated heterocycles. The summed E-state index contributed by atoms with van der Waals surface area (Å²) >= 11 is 12.3. The van der Waals surface area contributed by atoms with Crippen LogP contribution in [0.2, 0.25) is 10.0 Å². The fourth-order valence-corrected chi connectivity index (χ4v) is 5.68. The topological polar surface area (TPSA) is 49.2 Å². The largest absolute Gasteiger partial charge is 0.480 e. The van der Waals surface area contributed by atoms with Crippen LogP contribution < -0.4 is 4.74 Å². The Morgan fingerprint density at radius 2 is 1.71 bits per heavy atom. The highest BCUT2D eigenvalue weighted by Gasteiger charge is 2.45. The van der Waals surface area contributed by atoms with Crippen LogP contribution in [0.1, 0.15) is 54.6 Å². The van der Waals surface area contributed by atoms with E-state index in [-0.39, 0.29) is 12.1 Å². The molecule has 6 heteroatoms. The van der Waals surface area contributed by atoms with E-state index in [0.717, 1.165) is 59.3 Å². The maximum Gasteiger partial charge on any atom is 0.232 e. The third-order valence-corrected chi connectivity index (χ3v) is 7.30. The molecule has 2 bridgehead atoms. The molecule has 4 nitrogen and oxygen atoms in total. The zero-order valence-corrected chi connectivity index (χ0v) is 20.7. The lowest BCUT2D eigenvalue weighted by molar-refractivity contribution is 0.217. The number of nitriles is 1. The minimum absolute atomic E-state index is 0.207. The maximum absolute atomic E-state index is 10.2. The highest BCUT2D eigenvalue weighted by Crippen LogP contribution is 2.53. The summed E-state index contributed by atoms with van der Waals surface area (Å²) in [4.78, 5) is 7.53. The Labute approximate surface area is 210 Å². The van der Waals surface area contributed by atoms with Crippen molar-refractivity contribution in [2.45, 2.75) is 38.3 Å². The number of benzene rings is 2. The van der Waals surface area contributed by atoms with Crippen LogP contribution in [0.25, 0.3) is 22.8 Å². The highest BCUT2D eigenvalue weighted by molar-refractivity contribution is 6.30. The van der Waals surface area contributed by atoms with Crippen LogP contribution in [0.4, 0.5) is 0 Å². The molecule has 2 aliphatic rings. The first-order valence-corrected chi connectivity index (χ1v) is 12.3. The monoisotopic (exact) mass is 489 g/mol. The molecule has 0 N–H and O–H groups in total. The van der Waals surface area contributed by atoms with Crippen molar-refractivity contribution in [3.8, 4) is 23.1 Å². The number of aromatic nitrogens is 1. The minimum Gasteiger partial charge on any atom is -0.480 e. The lowest BCUT2D eigenvalue weighted by atomic mass is 9.84. The number of hydrogen-bond donors (Lipinski definition) is 0. The predicted octanol–water partition coefficient (Wildman–Crippen LogP) is 7.41. The summed E-state index contributed by atoms with van der Waals surface area (Å²) in [5, 5.41) is 11.5. The zero-order chi connectivity index (χ0) is 23.8. The molecule has 0 aliphatic carbocycles. The van der Waals surface area contributed by atoms with E-state index in [1.54, 1.807) is 7.11 Å². The van der Waals surface area contributed by atoms with Gasteiger partial charge in [-0.2, -0.15) is 5.26 Å². The van der Waals surface area contributed by atoms with Crippen molar-refractivity contribution in [1.29, 1.82) is 5.26 Å². The van der Waals surface area contributed by atoms with Crippen LogP contribution in [0.15, 0.2) is 48.5 Å². The maximum atomic E-state index is 10.2. The number of rotatable bonds is 5. The number of fused-ring (bicyclic) bond motifs is 4. The Morgan fingerprint density at radius 3 is 2.32 bits per heavy atom. The fraction of sp³-hybridized carbons (Fsp3) is 0.286. The Hall–Kier alpha value is -2.84. The summed E-state index contributed by atoms with van der Waals surface area (Å²) in [6.07, 6.45) is 5.34. The number of ether oxygens (including phenoxy) is 1. The van der Waals surface area contributed by atoms with Crippen molar-refractivity contribution >= 4 is 34.9 Å². The molecular weight excluding hydrogens is 465 g/mol. The number of halogens is 2. The zero-order valence-electron chi connectivity index (χ0n) is 19.2. The van der Waals surface area contributed by atoms with Crippen LogP contribution in [-0.2, 0) is 0 Å². The summed E-state index contributed by atoms with van der Waals surface area (Å²) < 4.78 is 5.65. The van der Waals surface area contributed by atoms with Gasteiger partial charge in [-0.1, -0.05) is 54.4 Å². The van der Waals surface area contributed by atoms with Gasteiger partial charge in [-0.05, 0) is 72.8 Å². The second kappa shape index (κ2) is 9.43. The van der Waals surface area contributed by atoms with E-state index in [2.05, 4.69) is 24.0 Å². The van der Waals surface area contributed by atoms with E-state index < -0.39 is 0 Å². The Balaban J connectivity index is 1.83. The van der Waals surface area contributed by atoms with E-state index >= 15 is 0 Å². The lowest BCUT2D eigenvalue weighted by Gasteiger charge is -2.39. The molecule has 3 heterocycles. The average Bonchev–Trinajstić information content (AvgIpc) is 3.18. The molecule has 2 aromatic carbocycles. The summed E-state index contributed by atoms with van der Waals surface area (Å²) in [5.74, 6) is 0.358. The summed E-state index contributed by atoms with van der Waals surface area (Å²) in [7, 11) is 1.57. The van der Waals surface area contributed by atoms with E-state index in [1.807, 2.05) is 48.5 Å². The lowest BCUT2D eigenvalue weighted by Crippen LogP contribution is -2.38. The summed E-state index contributed by atoms with van der Waals surface area (Å²) in [5.41, 5.74) is 6.59. The molecule has 0 radical (unpaired) electrons. The van der Waals surface area contributed by atoms with Crippen molar-refractivity contribution < 1.29 is 4.74 Å². The molecule has 0 spiro atoms. The standard InChI is InChI=1S/C28H25Cl2N3O/c1-3-14-33-23-12-13-24(33)26-25(18-6-10-20(30)11-7-18)22(16-31)28(34-2)32-27(26)21(23)15-17-4-8-19(29)9-5-17/h4-11,15,23-24H,3,12-14H2,1-2H3/b21-15+/t23?,24-/m1/s1. The normalized spacial score (nSPS) is 20.3. The second-order valence-corrected chi connectivity index (χ2v) is 9.62. The van der Waals surface area contributed by atoms with E-state index in [9.17, 15) is 5.26 Å². The number of nitrogens with zero attached hydrogens (tertiary/aromatic N) is 3. The first-order chi connectivity index (χ1) is 16.5. The highest BCUT2D eigenvalue weighted by atomic mass is 35.5. The number of hydrogen-bond acceptors (Lipinski definition) is 4. The predicted molar refractivity (Wildman–Crippen MR) is 138 cm³/mol. The first kappa shape index (κ1) is 22.9. The van der Waals surface area contributed by atoms with Crippen LogP contribution in [0.3, 0.4) is 0 Å². The molecule has 2 atom stereocenters. The molecule has 0 amide bonds. The van der Waals surface area contributed by atoms with Crippen molar-refractivity contribution in [3.63, 3.8) is 0 Å². The van der Waals surface area contributed by atoms with Crippen molar-refractivity contribution in [2.24, 2.45) is 0 Å². The van der Waals surface area contributed by atoms with Crippen molar-refractivity contribution in [2.75, 3.05) is 13.7 Å². The van der Waals surface area contributed by atoms with Gasteiger partial charge in [0.25, 0.3) is 0 Å². The van der Waals surface area contributed by atoms with Gasteiger partial charge in [0.15, 0.2) is 0 Å². The smallest absolute Gasteiger partial charge is 0.232 e. The molecule has 0 saturated carbocycles. The van der Waals surface area contributed by atoms with Crippen molar-refractivity contribution in [1.82, 2.24) is 9.88 Å². The minimum atomic E-state index is 0.207. The van der Waals surface area contributed by atoms with Gasteiger partial charge in [0.05, 0.1) is 12.8 Å². The number of methoxy groups -OCH3 is 1. The third kappa shape index (κ3) is 3.88. The third-order valence-electron chi connectivity index (χ3n) is 6.79. The summed E-state index contributed by atoms with van der Waals surface area (Å²) in [6.45, 7) is 3.20. The SMILES string of the molecule is CCCN1C2CC[C@@H]1c1c(nc(OC)c(C#N)c1-c1ccc(Cl)cc1)/C2=C/c1ccc(Cl)cc1. The van der Waals surface area contributed by atoms with Gasteiger partial charge in [-0.3, -0.25) is 4.90 Å². The van der Waals surface area contributed by atoms with E-state index in [0.29, 0.717) is 21.5 Å². The van der Waals surface area contributed by atoms with E-state index in [4.69, 9.17) is 32.9 Å². The Morgan fingerprint density at radius 1 is 1.06 bits per heavy atom. The summed E-state index contributed by atoms with van der Waals surface area (Å²) in [6, 6.07) is 18.4. The van der Waals surface area contributed by atoms with Gasteiger partial charge in [0.2, 0.25) is 5.88 Å². The van der Waals surface area contributed by atoms with Crippen LogP contribution >= 0.6 is 23.2 Å². The molecular formula is C28H25Cl2N3O. The van der Waals surface area contributed by atoms with Crippen LogP contribution in [0.5, 0.6) is 5.88 Å². The van der Waals surface area contributed by atoms with Gasteiger partial charge < -0.3 is 4.74 Å². The molecule has 1 unspecified atom stereocenters. The molecule has 2 aliphatic heterocycles. The first-order valence-electron chi connectivity index (χ1n) is 11.6. The van der Waals surface area contributed by atoms with Gasteiger partial charge in [-0.25, -0.2) is 4.98 Å². The van der Waals surface area contributed by atoms with Gasteiger partial charge in [0.1, 0.15) is 11.6 Å². The van der Waals surface area contributed by atoms with Crippen LogP contribution in [0, 0.1) is 11.3 Å². The molecule has 1 aromatic heterocycles. The number of pyridine rings is 1. The fourth-order valence-electron chi connectivity index (χ4n) is 5.43. The Bertz CT molecular complexity index is 1290. The molecule has 1 fully saturated rings. The van der Waals surface area contributed by atoms with Crippen LogP contribution in [-0.4, -0.2) is 29.6 Å². The van der Waals surface area contributed by atoms with Gasteiger partial charge in [0, 0.05) is 33.3 Å². The molecule has 172 valence electrons. The Kier molecular flexibility index (Phi) is 6.36.